The molecule has 0 aromatic carbocycles. The second-order valence-electron chi connectivity index (χ2n) is 4.83. The van der Waals surface area contributed by atoms with E-state index in [0.29, 0.717) is 13.2 Å². The molecule has 0 radical (unpaired) electrons. The summed E-state index contributed by atoms with van der Waals surface area (Å²) >= 11 is 0. The molecule has 0 spiro atoms. The molecule has 3 atom stereocenters. The summed E-state index contributed by atoms with van der Waals surface area (Å²) in [4.78, 5) is 14.2. The maximum Gasteiger partial charge on any atom is 0.324 e. The molecule has 0 N–H and O–H groups in total. The Morgan fingerprint density at radius 1 is 1.44 bits per heavy atom. The lowest BCUT2D eigenvalue weighted by Gasteiger charge is -2.37. The largest absolute Gasteiger partial charge is 0.458 e. The van der Waals surface area contributed by atoms with Gasteiger partial charge in [-0.25, -0.2) is 0 Å². The maximum absolute atomic E-state index is 12.0. The van der Waals surface area contributed by atoms with E-state index >= 15 is 0 Å². The van der Waals surface area contributed by atoms with Crippen LogP contribution < -0.4 is 0 Å². The van der Waals surface area contributed by atoms with Crippen LogP contribution in [0.25, 0.3) is 0 Å². The topological polar surface area (TPSA) is 38.8 Å². The highest BCUT2D eigenvalue weighted by molar-refractivity contribution is 5.79. The third-order valence-corrected chi connectivity index (χ3v) is 3.99. The molecule has 2 aliphatic heterocycles. The van der Waals surface area contributed by atoms with E-state index in [-0.39, 0.29) is 23.5 Å². The molecule has 0 saturated carbocycles. The average molecular weight is 227 g/mol. The maximum atomic E-state index is 12.0. The van der Waals surface area contributed by atoms with Crippen molar-refractivity contribution in [1.29, 1.82) is 0 Å². The molecule has 0 amide bonds. The van der Waals surface area contributed by atoms with Crippen molar-refractivity contribution in [3.63, 3.8) is 0 Å². The van der Waals surface area contributed by atoms with Crippen LogP contribution in [0.4, 0.5) is 0 Å². The van der Waals surface area contributed by atoms with Gasteiger partial charge in [0, 0.05) is 12.3 Å². The van der Waals surface area contributed by atoms with Crippen molar-refractivity contribution in [3.05, 3.63) is 0 Å². The lowest BCUT2D eigenvalue weighted by molar-refractivity contribution is -0.154. The average Bonchev–Trinajstić information content (AvgIpc) is 2.52. The Morgan fingerprint density at radius 3 is 2.75 bits per heavy atom. The van der Waals surface area contributed by atoms with Crippen molar-refractivity contribution in [2.75, 3.05) is 26.3 Å². The third kappa shape index (κ3) is 1.74. The predicted molar refractivity (Wildman–Crippen MR) is 60.1 cm³/mol. The summed E-state index contributed by atoms with van der Waals surface area (Å²) in [6, 6.07) is -0.111. The van der Waals surface area contributed by atoms with Crippen molar-refractivity contribution in [1.82, 2.24) is 4.90 Å². The molecule has 0 aromatic rings. The Labute approximate surface area is 96.9 Å². The zero-order valence-electron chi connectivity index (χ0n) is 10.4. The van der Waals surface area contributed by atoms with Gasteiger partial charge in [-0.05, 0) is 20.0 Å². The first-order valence-electron chi connectivity index (χ1n) is 6.17. The van der Waals surface area contributed by atoms with E-state index in [4.69, 9.17) is 9.47 Å². The smallest absolute Gasteiger partial charge is 0.324 e. The number of hydrogen-bond acceptors (Lipinski definition) is 4. The Kier molecular flexibility index (Phi) is 3.22. The first-order chi connectivity index (χ1) is 7.62. The fourth-order valence-electron chi connectivity index (χ4n) is 2.87. The van der Waals surface area contributed by atoms with Crippen LogP contribution in [0.1, 0.15) is 27.2 Å². The Morgan fingerprint density at radius 2 is 2.12 bits per heavy atom. The van der Waals surface area contributed by atoms with Crippen LogP contribution in [0, 0.1) is 5.92 Å². The number of esters is 1. The molecule has 0 aliphatic carbocycles. The second kappa shape index (κ2) is 4.34. The lowest BCUT2D eigenvalue weighted by Crippen LogP contribution is -2.49. The van der Waals surface area contributed by atoms with E-state index < -0.39 is 0 Å². The minimum Gasteiger partial charge on any atom is -0.458 e. The minimum atomic E-state index is -0.303. The zero-order valence-corrected chi connectivity index (χ0v) is 10.4. The normalized spacial score (nSPS) is 38.6. The summed E-state index contributed by atoms with van der Waals surface area (Å²) in [6.07, 6.45) is 0.821. The number of fused-ring (bicyclic) bond motifs is 1. The SMILES string of the molecule is CCN(CC)[C@@H]1C(=O)O[C@]2(C)CCOC[C@@H]12. The van der Waals surface area contributed by atoms with Crippen molar-refractivity contribution >= 4 is 5.97 Å². The Bertz CT molecular complexity index is 277. The van der Waals surface area contributed by atoms with Gasteiger partial charge in [-0.3, -0.25) is 9.69 Å². The van der Waals surface area contributed by atoms with Gasteiger partial charge in [-0.1, -0.05) is 13.8 Å². The molecule has 2 saturated heterocycles. The van der Waals surface area contributed by atoms with Crippen molar-refractivity contribution in [3.8, 4) is 0 Å². The molecule has 0 aromatic heterocycles. The third-order valence-electron chi connectivity index (χ3n) is 3.99. The minimum absolute atomic E-state index is 0.0679. The Hall–Kier alpha value is -0.610. The number of ether oxygens (including phenoxy) is 2. The highest BCUT2D eigenvalue weighted by Gasteiger charge is 2.55. The van der Waals surface area contributed by atoms with Crippen LogP contribution in [0.2, 0.25) is 0 Å². The summed E-state index contributed by atoms with van der Waals surface area (Å²) in [5.41, 5.74) is -0.303. The summed E-state index contributed by atoms with van der Waals surface area (Å²) in [7, 11) is 0. The van der Waals surface area contributed by atoms with E-state index in [0.717, 1.165) is 19.5 Å². The molecule has 4 heteroatoms. The van der Waals surface area contributed by atoms with Gasteiger partial charge in [0.25, 0.3) is 0 Å². The lowest BCUT2D eigenvalue weighted by atomic mass is 9.82. The molecule has 2 rings (SSSR count). The number of nitrogens with zero attached hydrogens (tertiary/aromatic N) is 1. The van der Waals surface area contributed by atoms with Gasteiger partial charge in [0.1, 0.15) is 11.6 Å². The molecule has 2 fully saturated rings. The van der Waals surface area contributed by atoms with E-state index in [1.807, 2.05) is 6.92 Å². The fourth-order valence-corrected chi connectivity index (χ4v) is 2.87. The molecular weight excluding hydrogens is 206 g/mol. The van der Waals surface area contributed by atoms with Crippen LogP contribution in [0.5, 0.6) is 0 Å². The molecule has 16 heavy (non-hydrogen) atoms. The molecule has 2 aliphatic rings. The molecular formula is C12H21NO3. The summed E-state index contributed by atoms with van der Waals surface area (Å²) in [5, 5.41) is 0. The highest BCUT2D eigenvalue weighted by atomic mass is 16.6. The zero-order chi connectivity index (χ0) is 11.8. The van der Waals surface area contributed by atoms with Gasteiger partial charge in [0.15, 0.2) is 0 Å². The molecule has 0 unspecified atom stereocenters. The molecule has 92 valence electrons. The Balaban J connectivity index is 2.21. The van der Waals surface area contributed by atoms with E-state index in [2.05, 4.69) is 18.7 Å². The predicted octanol–water partition coefficient (Wildman–Crippen LogP) is 1.05. The van der Waals surface area contributed by atoms with Crippen molar-refractivity contribution in [2.24, 2.45) is 5.92 Å². The molecule has 4 nitrogen and oxygen atoms in total. The van der Waals surface area contributed by atoms with Gasteiger partial charge in [-0.2, -0.15) is 0 Å². The van der Waals surface area contributed by atoms with Crippen LogP contribution in [-0.4, -0.2) is 48.8 Å². The number of hydrogen-bond donors (Lipinski definition) is 0. The van der Waals surface area contributed by atoms with E-state index in [1.54, 1.807) is 0 Å². The number of likely N-dealkylation sites (N-methyl/N-ethyl adjacent to an activating group) is 1. The standard InChI is InChI=1S/C12H21NO3/c1-4-13(5-2)10-9-8-15-7-6-12(9,3)16-11(10)14/h9-10H,4-8H2,1-3H3/t9-,10-,12+/m0/s1. The van der Waals surface area contributed by atoms with E-state index in [1.165, 1.54) is 0 Å². The number of rotatable bonds is 3. The highest BCUT2D eigenvalue weighted by Crippen LogP contribution is 2.40. The van der Waals surface area contributed by atoms with Gasteiger partial charge < -0.3 is 9.47 Å². The van der Waals surface area contributed by atoms with Crippen molar-refractivity contribution < 1.29 is 14.3 Å². The van der Waals surface area contributed by atoms with Gasteiger partial charge in [-0.15, -0.1) is 0 Å². The monoisotopic (exact) mass is 227 g/mol. The van der Waals surface area contributed by atoms with Crippen LogP contribution in [0.15, 0.2) is 0 Å². The van der Waals surface area contributed by atoms with Crippen molar-refractivity contribution in [2.45, 2.75) is 38.8 Å². The molecule has 2 heterocycles. The summed E-state index contributed by atoms with van der Waals surface area (Å²) in [6.45, 7) is 9.30. The van der Waals surface area contributed by atoms with E-state index in [9.17, 15) is 4.79 Å². The fraction of sp³-hybridized carbons (Fsp3) is 0.917. The van der Waals surface area contributed by atoms with Gasteiger partial charge in [0.2, 0.25) is 0 Å². The van der Waals surface area contributed by atoms with Crippen LogP contribution >= 0.6 is 0 Å². The van der Waals surface area contributed by atoms with Gasteiger partial charge >= 0.3 is 5.97 Å². The molecule has 0 bridgehead atoms. The first-order valence-corrected chi connectivity index (χ1v) is 6.17. The van der Waals surface area contributed by atoms with Crippen LogP contribution in [-0.2, 0) is 14.3 Å². The number of carbonyl (C=O) groups excluding carboxylic acids is 1. The summed E-state index contributed by atoms with van der Waals surface area (Å²) in [5.74, 6) is 0.121. The second-order valence-corrected chi connectivity index (χ2v) is 4.83. The summed E-state index contributed by atoms with van der Waals surface area (Å²) < 4.78 is 11.1. The number of carbonyl (C=O) groups is 1. The van der Waals surface area contributed by atoms with Crippen LogP contribution in [0.3, 0.4) is 0 Å². The quantitative estimate of drug-likeness (QED) is 0.676. The first kappa shape index (κ1) is 11.9. The van der Waals surface area contributed by atoms with Gasteiger partial charge in [0.05, 0.1) is 13.2 Å².